The van der Waals surface area contributed by atoms with E-state index in [1.807, 2.05) is 6.92 Å². The van der Waals surface area contributed by atoms with Crippen molar-refractivity contribution in [2.75, 3.05) is 28.4 Å². The molecule has 2 atom stereocenters. The minimum absolute atomic E-state index is 0.0544. The van der Waals surface area contributed by atoms with Gasteiger partial charge >= 0.3 is 7.82 Å². The Kier molecular flexibility index (Phi) is 7.93. The van der Waals surface area contributed by atoms with Crippen LogP contribution in [0.5, 0.6) is 34.5 Å². The Morgan fingerprint density at radius 1 is 0.811 bits per heavy atom. The highest BCUT2D eigenvalue weighted by Crippen LogP contribution is 2.59. The molecule has 2 aliphatic carbocycles. The molecule has 2 aliphatic rings. The largest absolute Gasteiger partial charge is 0.647 e. The molecular weight excluding hydrogens is 499 g/mol. The lowest BCUT2D eigenvalue weighted by Gasteiger charge is -2.42. The van der Waals surface area contributed by atoms with Crippen molar-refractivity contribution in [3.63, 3.8) is 0 Å². The lowest BCUT2D eigenvalue weighted by atomic mass is 9.61. The van der Waals surface area contributed by atoms with Crippen LogP contribution in [0, 0.1) is 11.3 Å². The van der Waals surface area contributed by atoms with Crippen molar-refractivity contribution in [1.82, 2.24) is 0 Å². The number of hydrogen-bond donors (Lipinski definition) is 0. The molecule has 1 saturated carbocycles. The molecule has 1 fully saturated rings. The summed E-state index contributed by atoms with van der Waals surface area (Å²) < 4.78 is 54.1. The second-order valence-electron chi connectivity index (χ2n) is 9.21. The van der Waals surface area contributed by atoms with E-state index in [1.165, 1.54) is 28.4 Å². The van der Waals surface area contributed by atoms with Crippen LogP contribution in [-0.4, -0.2) is 34.2 Å². The molecule has 0 radical (unpaired) electrons. The normalized spacial score (nSPS) is 21.3. The third-order valence-electron chi connectivity index (χ3n) is 7.10. The average molecular weight is 533 g/mol. The van der Waals surface area contributed by atoms with E-state index in [9.17, 15) is 9.36 Å². The number of fused-ring (bicyclic) bond motifs is 1. The Labute approximate surface area is 217 Å². The van der Waals surface area contributed by atoms with Gasteiger partial charge in [0.15, 0.2) is 23.0 Å². The number of phosphoric acid groups is 1. The van der Waals surface area contributed by atoms with Gasteiger partial charge in [0.25, 0.3) is 0 Å². The maximum Gasteiger partial charge on any atom is 0.647 e. The molecule has 2 aromatic carbocycles. The molecule has 0 spiro atoms. The highest BCUT2D eigenvalue weighted by Gasteiger charge is 2.47. The summed E-state index contributed by atoms with van der Waals surface area (Å²) in [5.74, 6) is 1.99. The van der Waals surface area contributed by atoms with Crippen molar-refractivity contribution in [3.8, 4) is 34.5 Å². The molecule has 0 heterocycles. The van der Waals surface area contributed by atoms with Crippen LogP contribution in [-0.2, 0) is 13.9 Å². The van der Waals surface area contributed by atoms with E-state index in [0.717, 1.165) is 12.8 Å². The van der Waals surface area contributed by atoms with Crippen LogP contribution >= 0.6 is 7.82 Å². The quantitative estimate of drug-likeness (QED) is 0.324. The van der Waals surface area contributed by atoms with Crippen LogP contribution < -0.4 is 28.0 Å². The van der Waals surface area contributed by atoms with Crippen molar-refractivity contribution < 1.29 is 41.9 Å². The van der Waals surface area contributed by atoms with Gasteiger partial charge in [0.2, 0.25) is 11.5 Å². The zero-order valence-corrected chi connectivity index (χ0v) is 22.7. The minimum Gasteiger partial charge on any atom is -0.493 e. The topological polar surface area (TPSA) is 98.8 Å². The number of benzene rings is 2. The molecule has 200 valence electrons. The first kappa shape index (κ1) is 26.7. The van der Waals surface area contributed by atoms with E-state index < -0.39 is 13.2 Å². The first-order chi connectivity index (χ1) is 17.8. The van der Waals surface area contributed by atoms with Crippen molar-refractivity contribution in [2.24, 2.45) is 11.3 Å². The van der Waals surface area contributed by atoms with Crippen molar-refractivity contribution >= 4 is 13.6 Å². The van der Waals surface area contributed by atoms with Gasteiger partial charge in [-0.3, -0.25) is 4.79 Å². The van der Waals surface area contributed by atoms with E-state index in [1.54, 1.807) is 42.5 Å². The molecule has 0 saturated heterocycles. The predicted molar refractivity (Wildman–Crippen MR) is 137 cm³/mol. The third kappa shape index (κ3) is 5.37. The summed E-state index contributed by atoms with van der Waals surface area (Å²) in [6, 6.07) is 10.0. The first-order valence-electron chi connectivity index (χ1n) is 12.1. The number of ether oxygens (including phenoxy) is 4. The van der Waals surface area contributed by atoms with Gasteiger partial charge in [-0.2, -0.15) is 4.57 Å². The molecule has 0 aliphatic heterocycles. The second-order valence-corrected chi connectivity index (χ2v) is 10.7. The van der Waals surface area contributed by atoms with E-state index >= 15 is 0 Å². The Hall–Kier alpha value is -3.32. The van der Waals surface area contributed by atoms with Crippen LogP contribution in [0.3, 0.4) is 0 Å². The number of methoxy groups -OCH3 is 4. The van der Waals surface area contributed by atoms with Crippen molar-refractivity contribution in [2.45, 2.75) is 39.0 Å². The summed E-state index contributed by atoms with van der Waals surface area (Å²) in [6.07, 6.45) is 5.03. The summed E-state index contributed by atoms with van der Waals surface area (Å²) in [7, 11) is 1.39. The molecule has 0 amide bonds. The maximum absolute atomic E-state index is 14.4. The number of phosphoric ester groups is 1. The van der Waals surface area contributed by atoms with Gasteiger partial charge in [-0.15, -0.1) is 0 Å². The highest BCUT2D eigenvalue weighted by molar-refractivity contribution is 7.49. The van der Waals surface area contributed by atoms with Crippen molar-refractivity contribution in [1.29, 1.82) is 0 Å². The standard InChI is InChI=1S/C27H33O9P/c1-27-16-15-19(17-18(27)9-6-14-24(27)28)34-37(29,35-25-20(30-2)10-7-11-21(25)31-3)36-26-22(32-4)12-8-13-23(26)33-5/h7-8,10-13,15,18H,6,9,14,16-17H2,1-5H3/t18-,27+/m1/s1. The van der Waals surface area contributed by atoms with Gasteiger partial charge in [0.05, 0.1) is 28.4 Å². The number of carbonyl (C=O) groups is 1. The number of hydrogen-bond acceptors (Lipinski definition) is 9. The van der Waals surface area contributed by atoms with Gasteiger partial charge in [-0.05, 0) is 55.5 Å². The summed E-state index contributed by atoms with van der Waals surface area (Å²) in [6.45, 7) is 2.00. The number of ketones is 1. The molecular formula is C27H33O9P. The zero-order chi connectivity index (χ0) is 26.6. The Morgan fingerprint density at radius 2 is 1.30 bits per heavy atom. The van der Waals surface area contributed by atoms with Crippen LogP contribution in [0.1, 0.15) is 39.0 Å². The average Bonchev–Trinajstić information content (AvgIpc) is 2.90. The number of carbonyl (C=O) groups excluding carboxylic acids is 1. The Morgan fingerprint density at radius 3 is 1.76 bits per heavy atom. The smallest absolute Gasteiger partial charge is 0.493 e. The zero-order valence-electron chi connectivity index (χ0n) is 21.8. The number of allylic oxidation sites excluding steroid dienone is 2. The molecule has 0 unspecified atom stereocenters. The highest BCUT2D eigenvalue weighted by atomic mass is 31.2. The fourth-order valence-corrected chi connectivity index (χ4v) is 6.27. The fraction of sp³-hybridized carbons (Fsp3) is 0.444. The van der Waals surface area contributed by atoms with Crippen LogP contribution in [0.15, 0.2) is 48.2 Å². The monoisotopic (exact) mass is 532 g/mol. The first-order valence-corrected chi connectivity index (χ1v) is 13.6. The number of para-hydroxylation sites is 2. The second kappa shape index (κ2) is 11.0. The molecule has 0 bridgehead atoms. The lowest BCUT2D eigenvalue weighted by Crippen LogP contribution is -2.41. The molecule has 37 heavy (non-hydrogen) atoms. The summed E-state index contributed by atoms with van der Waals surface area (Å²) in [5, 5.41) is 0. The van der Waals surface area contributed by atoms with E-state index in [-0.39, 0.29) is 46.2 Å². The molecule has 0 aromatic heterocycles. The molecule has 10 heteroatoms. The SMILES string of the molecule is COc1cccc(OC)c1OP(=O)(OC1=CC[C@]2(C)C(=O)CCC[C@@H]2C1)Oc1c(OC)cccc1OC. The summed E-state index contributed by atoms with van der Waals surface area (Å²) in [5.41, 5.74) is -0.450. The molecule has 2 aromatic rings. The van der Waals surface area contributed by atoms with Gasteiger partial charge < -0.3 is 32.5 Å². The molecule has 4 rings (SSSR count). The molecule has 0 N–H and O–H groups in total. The van der Waals surface area contributed by atoms with Gasteiger partial charge in [-0.25, -0.2) is 0 Å². The number of Topliss-reactive ketones (excluding diaryl/α,β-unsaturated/α-hetero) is 1. The summed E-state index contributed by atoms with van der Waals surface area (Å²) in [4.78, 5) is 12.7. The minimum atomic E-state index is -4.45. The van der Waals surface area contributed by atoms with Crippen molar-refractivity contribution in [3.05, 3.63) is 48.2 Å². The van der Waals surface area contributed by atoms with Crippen LogP contribution in [0.4, 0.5) is 0 Å². The number of rotatable bonds is 10. The summed E-state index contributed by atoms with van der Waals surface area (Å²) >= 11 is 0. The molecule has 9 nitrogen and oxygen atoms in total. The maximum atomic E-state index is 14.4. The van der Waals surface area contributed by atoms with E-state index in [4.69, 9.17) is 32.5 Å². The van der Waals surface area contributed by atoms with Gasteiger partial charge in [-0.1, -0.05) is 19.1 Å². The van der Waals surface area contributed by atoms with Crippen LogP contribution in [0.2, 0.25) is 0 Å². The fourth-order valence-electron chi connectivity index (χ4n) is 4.91. The Balaban J connectivity index is 1.74. The third-order valence-corrected chi connectivity index (χ3v) is 8.37. The predicted octanol–water partition coefficient (Wildman–Crippen LogP) is 6.36. The lowest BCUT2D eigenvalue weighted by molar-refractivity contribution is -0.134. The van der Waals surface area contributed by atoms with Gasteiger partial charge in [0, 0.05) is 18.3 Å². The van der Waals surface area contributed by atoms with E-state index in [2.05, 4.69) is 0 Å². The Bertz CT molecular complexity index is 1120. The van der Waals surface area contributed by atoms with Crippen LogP contribution in [0.25, 0.3) is 0 Å². The van der Waals surface area contributed by atoms with Gasteiger partial charge in [0.1, 0.15) is 11.5 Å². The van der Waals surface area contributed by atoms with E-state index in [0.29, 0.717) is 25.0 Å².